The molecule has 0 saturated heterocycles. The fourth-order valence-corrected chi connectivity index (χ4v) is 10.0. The number of anilines is 3. The average Bonchev–Trinajstić information content (AvgIpc) is 3.63. The second kappa shape index (κ2) is 14.7. The highest BCUT2D eigenvalue weighted by atomic mass is 15.1. The fraction of sp³-hybridized carbons (Fsp3) is 0.0508. The molecular weight excluding hydrogens is 723 g/mol. The van der Waals surface area contributed by atoms with Crippen LogP contribution in [0.25, 0.3) is 66.1 Å². The van der Waals surface area contributed by atoms with E-state index in [4.69, 9.17) is 0 Å². The molecule has 0 saturated carbocycles. The lowest BCUT2D eigenvalue weighted by atomic mass is 9.70. The minimum absolute atomic E-state index is 0.198. The Hall–Kier alpha value is -7.48. The molecule has 284 valence electrons. The van der Waals surface area contributed by atoms with Crippen molar-refractivity contribution in [2.45, 2.75) is 18.8 Å². The Morgan fingerprint density at radius 3 is 1.28 bits per heavy atom. The quantitative estimate of drug-likeness (QED) is 0.149. The predicted molar refractivity (Wildman–Crippen MR) is 254 cm³/mol. The van der Waals surface area contributed by atoms with Gasteiger partial charge in [0.1, 0.15) is 0 Å². The lowest BCUT2D eigenvalue weighted by Crippen LogP contribution is -2.25. The van der Waals surface area contributed by atoms with Gasteiger partial charge in [0.15, 0.2) is 0 Å². The van der Waals surface area contributed by atoms with Gasteiger partial charge in [-0.15, -0.1) is 0 Å². The van der Waals surface area contributed by atoms with Crippen molar-refractivity contribution >= 4 is 38.6 Å². The molecule has 0 aromatic heterocycles. The van der Waals surface area contributed by atoms with E-state index in [1.165, 1.54) is 82.7 Å². The van der Waals surface area contributed by atoms with Crippen LogP contribution in [0, 0.1) is 0 Å². The molecule has 10 aromatic rings. The SMILES string of the molecule is CCC1(c2ccccc2)c2ccccc2-c2c(-c3ccc(N(c4ccc(-c5cccc6ccccc56)cc4)c4ccc(-c5cccc6ccccc56)cc4)cc3)cccc21. The summed E-state index contributed by atoms with van der Waals surface area (Å²) in [5.41, 5.74) is 17.3. The van der Waals surface area contributed by atoms with E-state index in [0.717, 1.165) is 23.5 Å². The van der Waals surface area contributed by atoms with E-state index in [1.807, 2.05) is 0 Å². The summed E-state index contributed by atoms with van der Waals surface area (Å²) < 4.78 is 0. The molecule has 0 aliphatic heterocycles. The average molecular weight is 766 g/mol. The molecule has 60 heavy (non-hydrogen) atoms. The number of hydrogen-bond acceptors (Lipinski definition) is 1. The first-order chi connectivity index (χ1) is 29.7. The maximum Gasteiger partial charge on any atom is 0.0462 e. The first kappa shape index (κ1) is 35.7. The van der Waals surface area contributed by atoms with Crippen LogP contribution in [0.2, 0.25) is 0 Å². The van der Waals surface area contributed by atoms with Gasteiger partial charge in [-0.25, -0.2) is 0 Å². The zero-order valence-electron chi connectivity index (χ0n) is 33.6. The van der Waals surface area contributed by atoms with Crippen LogP contribution in [0.3, 0.4) is 0 Å². The Morgan fingerprint density at radius 1 is 0.333 bits per heavy atom. The molecule has 1 aliphatic carbocycles. The van der Waals surface area contributed by atoms with Crippen molar-refractivity contribution in [1.29, 1.82) is 0 Å². The van der Waals surface area contributed by atoms with Crippen LogP contribution in [0.4, 0.5) is 17.1 Å². The Balaban J connectivity index is 1.01. The van der Waals surface area contributed by atoms with Gasteiger partial charge in [-0.05, 0) is 126 Å². The van der Waals surface area contributed by atoms with E-state index < -0.39 is 0 Å². The van der Waals surface area contributed by atoms with Gasteiger partial charge < -0.3 is 4.90 Å². The minimum Gasteiger partial charge on any atom is -0.311 e. The third kappa shape index (κ3) is 5.77. The van der Waals surface area contributed by atoms with Gasteiger partial charge in [-0.3, -0.25) is 0 Å². The third-order valence-corrected chi connectivity index (χ3v) is 12.9. The Labute approximate surface area is 352 Å². The van der Waals surface area contributed by atoms with E-state index in [2.05, 4.69) is 242 Å². The largest absolute Gasteiger partial charge is 0.311 e. The Bertz CT molecular complexity index is 3030. The van der Waals surface area contributed by atoms with Crippen molar-refractivity contribution in [3.05, 3.63) is 247 Å². The highest BCUT2D eigenvalue weighted by molar-refractivity contribution is 5.99. The smallest absolute Gasteiger partial charge is 0.0462 e. The Kier molecular flexibility index (Phi) is 8.75. The van der Waals surface area contributed by atoms with Gasteiger partial charge in [0.2, 0.25) is 0 Å². The van der Waals surface area contributed by atoms with Crippen LogP contribution >= 0.6 is 0 Å². The van der Waals surface area contributed by atoms with Crippen molar-refractivity contribution in [2.24, 2.45) is 0 Å². The van der Waals surface area contributed by atoms with Crippen molar-refractivity contribution in [3.8, 4) is 44.5 Å². The lowest BCUT2D eigenvalue weighted by Gasteiger charge is -2.32. The number of hydrogen-bond donors (Lipinski definition) is 0. The third-order valence-electron chi connectivity index (χ3n) is 12.9. The van der Waals surface area contributed by atoms with Crippen LogP contribution in [-0.4, -0.2) is 0 Å². The van der Waals surface area contributed by atoms with Gasteiger partial charge in [-0.1, -0.05) is 201 Å². The monoisotopic (exact) mass is 765 g/mol. The molecule has 0 spiro atoms. The summed E-state index contributed by atoms with van der Waals surface area (Å²) in [5, 5.41) is 5.03. The van der Waals surface area contributed by atoms with Gasteiger partial charge in [0, 0.05) is 22.5 Å². The Morgan fingerprint density at radius 2 is 0.733 bits per heavy atom. The van der Waals surface area contributed by atoms with Crippen LogP contribution in [0.1, 0.15) is 30.0 Å². The molecule has 0 heterocycles. The number of fused-ring (bicyclic) bond motifs is 5. The normalized spacial score (nSPS) is 14.2. The highest BCUT2D eigenvalue weighted by Crippen LogP contribution is 2.56. The van der Waals surface area contributed by atoms with Gasteiger partial charge in [0.25, 0.3) is 0 Å². The molecule has 1 nitrogen and oxygen atoms in total. The fourth-order valence-electron chi connectivity index (χ4n) is 10.0. The van der Waals surface area contributed by atoms with E-state index >= 15 is 0 Å². The zero-order chi connectivity index (χ0) is 40.0. The standard InChI is InChI=1S/C59H43N/c1-2-59(46-19-4-3-5-20-46)56-27-11-10-23-55(56)58-54(26-14-28-57(58)59)45-33-39-49(40-34-45)60(47-35-29-43(30-36-47)52-24-12-17-41-15-6-8-21-50(41)52)48-37-31-44(32-38-48)53-25-13-18-42-16-7-9-22-51(42)53/h3-40H,2H2,1H3. The molecule has 0 bridgehead atoms. The van der Waals surface area contributed by atoms with Crippen molar-refractivity contribution in [2.75, 3.05) is 4.90 Å². The first-order valence-corrected chi connectivity index (χ1v) is 21.1. The van der Waals surface area contributed by atoms with E-state index in [9.17, 15) is 0 Å². The second-order valence-corrected chi connectivity index (χ2v) is 15.9. The molecule has 1 atom stereocenters. The topological polar surface area (TPSA) is 3.24 Å². The molecule has 0 fully saturated rings. The molecule has 1 aliphatic rings. The summed E-state index contributed by atoms with van der Waals surface area (Å²) in [5.74, 6) is 0. The second-order valence-electron chi connectivity index (χ2n) is 15.9. The van der Waals surface area contributed by atoms with Crippen molar-refractivity contribution in [3.63, 3.8) is 0 Å². The predicted octanol–water partition coefficient (Wildman–Crippen LogP) is 16.2. The maximum absolute atomic E-state index is 2.38. The van der Waals surface area contributed by atoms with Gasteiger partial charge in [0.05, 0.1) is 0 Å². The molecule has 1 unspecified atom stereocenters. The summed E-state index contributed by atoms with van der Waals surface area (Å²) in [6.45, 7) is 2.33. The zero-order valence-corrected chi connectivity index (χ0v) is 33.6. The van der Waals surface area contributed by atoms with Crippen LogP contribution in [0.15, 0.2) is 231 Å². The summed E-state index contributed by atoms with van der Waals surface area (Å²) in [4.78, 5) is 2.38. The molecule has 0 amide bonds. The number of nitrogens with zero attached hydrogens (tertiary/aromatic N) is 1. The first-order valence-electron chi connectivity index (χ1n) is 21.1. The summed E-state index contributed by atoms with van der Waals surface area (Å²) in [6.07, 6.45) is 0.983. The van der Waals surface area contributed by atoms with Gasteiger partial charge in [-0.2, -0.15) is 0 Å². The summed E-state index contributed by atoms with van der Waals surface area (Å²) in [7, 11) is 0. The lowest BCUT2D eigenvalue weighted by molar-refractivity contribution is 0.609. The van der Waals surface area contributed by atoms with Crippen LogP contribution in [-0.2, 0) is 5.41 Å². The maximum atomic E-state index is 2.38. The molecule has 11 rings (SSSR count). The number of rotatable bonds is 8. The minimum atomic E-state index is -0.198. The molecule has 10 aromatic carbocycles. The molecule has 0 N–H and O–H groups in total. The molecular formula is C59H43N. The summed E-state index contributed by atoms with van der Waals surface area (Å²) in [6, 6.07) is 84.7. The molecule has 0 radical (unpaired) electrons. The van der Waals surface area contributed by atoms with E-state index in [0.29, 0.717) is 0 Å². The van der Waals surface area contributed by atoms with Crippen molar-refractivity contribution in [1.82, 2.24) is 0 Å². The van der Waals surface area contributed by atoms with Gasteiger partial charge >= 0.3 is 0 Å². The number of benzene rings is 10. The van der Waals surface area contributed by atoms with E-state index in [-0.39, 0.29) is 5.41 Å². The van der Waals surface area contributed by atoms with E-state index in [1.54, 1.807) is 0 Å². The van der Waals surface area contributed by atoms with Crippen molar-refractivity contribution < 1.29 is 0 Å². The van der Waals surface area contributed by atoms with Crippen LogP contribution in [0.5, 0.6) is 0 Å². The summed E-state index contributed by atoms with van der Waals surface area (Å²) >= 11 is 0. The molecule has 1 heteroatoms. The van der Waals surface area contributed by atoms with Crippen LogP contribution < -0.4 is 4.90 Å². The highest BCUT2D eigenvalue weighted by Gasteiger charge is 2.44.